The van der Waals surface area contributed by atoms with E-state index in [1.165, 1.54) is 6.07 Å². The number of rotatable bonds is 3. The van der Waals surface area contributed by atoms with Crippen molar-refractivity contribution in [3.05, 3.63) is 24.3 Å². The standard InChI is InChI=1S/C13H14N2O4S2/c14-21(17,18)12-7-8-6-9(3-4-11(8)20-12)19-13(16)10-2-1-5-15-10/h3-4,6-7,10,15H,1-2,5H2,(H2,14,17,18)/t10-/m0/s1. The number of esters is 1. The van der Waals surface area contributed by atoms with Crippen LogP contribution in [0.25, 0.3) is 10.1 Å². The van der Waals surface area contributed by atoms with Crippen molar-refractivity contribution in [3.63, 3.8) is 0 Å². The van der Waals surface area contributed by atoms with E-state index < -0.39 is 10.0 Å². The molecule has 112 valence electrons. The maximum atomic E-state index is 11.9. The van der Waals surface area contributed by atoms with Crippen LogP contribution in [0.1, 0.15) is 12.8 Å². The monoisotopic (exact) mass is 326 g/mol. The Morgan fingerprint density at radius 3 is 2.86 bits per heavy atom. The first kappa shape index (κ1) is 14.5. The van der Waals surface area contributed by atoms with Crippen LogP contribution in [0.5, 0.6) is 5.75 Å². The summed E-state index contributed by atoms with van der Waals surface area (Å²) in [7, 11) is -3.71. The first-order chi connectivity index (χ1) is 9.93. The molecule has 0 amide bonds. The predicted molar refractivity (Wildman–Crippen MR) is 79.9 cm³/mol. The molecule has 0 aliphatic carbocycles. The minimum atomic E-state index is -3.71. The van der Waals surface area contributed by atoms with Crippen molar-refractivity contribution in [2.45, 2.75) is 23.1 Å². The van der Waals surface area contributed by atoms with Gasteiger partial charge >= 0.3 is 5.97 Å². The van der Waals surface area contributed by atoms with Crippen molar-refractivity contribution < 1.29 is 17.9 Å². The third-order valence-electron chi connectivity index (χ3n) is 3.31. The molecule has 1 aliphatic heterocycles. The molecule has 0 bridgehead atoms. The van der Waals surface area contributed by atoms with E-state index in [0.717, 1.165) is 35.4 Å². The van der Waals surface area contributed by atoms with E-state index in [1.54, 1.807) is 18.2 Å². The van der Waals surface area contributed by atoms with Crippen molar-refractivity contribution in [1.29, 1.82) is 0 Å². The molecule has 1 saturated heterocycles. The quantitative estimate of drug-likeness (QED) is 0.652. The van der Waals surface area contributed by atoms with Gasteiger partial charge in [0, 0.05) is 4.70 Å². The van der Waals surface area contributed by atoms with E-state index in [-0.39, 0.29) is 16.2 Å². The highest BCUT2D eigenvalue weighted by Crippen LogP contribution is 2.31. The Balaban J connectivity index is 1.85. The highest BCUT2D eigenvalue weighted by Gasteiger charge is 2.24. The summed E-state index contributed by atoms with van der Waals surface area (Å²) in [4.78, 5) is 11.9. The van der Waals surface area contributed by atoms with Crippen LogP contribution in [0.15, 0.2) is 28.5 Å². The molecular weight excluding hydrogens is 312 g/mol. The number of hydrogen-bond donors (Lipinski definition) is 2. The minimum Gasteiger partial charge on any atom is -0.425 e. The summed E-state index contributed by atoms with van der Waals surface area (Å²) >= 11 is 1.09. The van der Waals surface area contributed by atoms with Crippen LogP contribution in [-0.4, -0.2) is 27.0 Å². The molecule has 3 N–H and O–H groups in total. The fourth-order valence-corrected chi connectivity index (χ4v) is 4.07. The maximum Gasteiger partial charge on any atom is 0.328 e. The van der Waals surface area contributed by atoms with E-state index in [1.807, 2.05) is 0 Å². The molecule has 1 aliphatic rings. The Hall–Kier alpha value is -1.48. The minimum absolute atomic E-state index is 0.0958. The number of nitrogens with one attached hydrogen (secondary N) is 1. The summed E-state index contributed by atoms with van der Waals surface area (Å²) in [5.74, 6) is 0.0914. The second-order valence-corrected chi connectivity index (χ2v) is 7.75. The molecule has 1 aromatic heterocycles. The van der Waals surface area contributed by atoms with E-state index >= 15 is 0 Å². The molecule has 1 aromatic carbocycles. The molecule has 21 heavy (non-hydrogen) atoms. The second-order valence-electron chi connectivity index (χ2n) is 4.88. The second kappa shape index (κ2) is 5.38. The van der Waals surface area contributed by atoms with Crippen LogP contribution in [-0.2, 0) is 14.8 Å². The zero-order valence-electron chi connectivity index (χ0n) is 11.0. The van der Waals surface area contributed by atoms with Crippen LogP contribution >= 0.6 is 11.3 Å². The number of ether oxygens (including phenoxy) is 1. The fourth-order valence-electron chi connectivity index (χ4n) is 2.27. The van der Waals surface area contributed by atoms with Crippen molar-refractivity contribution in [2.75, 3.05) is 6.54 Å². The number of thiophene rings is 1. The Morgan fingerprint density at radius 2 is 2.19 bits per heavy atom. The molecule has 0 radical (unpaired) electrons. The number of sulfonamides is 1. The lowest BCUT2D eigenvalue weighted by Crippen LogP contribution is -2.34. The van der Waals surface area contributed by atoms with Gasteiger partial charge < -0.3 is 10.1 Å². The molecule has 0 unspecified atom stereocenters. The topological polar surface area (TPSA) is 98.5 Å². The van der Waals surface area contributed by atoms with Gasteiger partial charge in [-0.25, -0.2) is 18.4 Å². The number of fused-ring (bicyclic) bond motifs is 1. The van der Waals surface area contributed by atoms with E-state index in [0.29, 0.717) is 11.1 Å². The van der Waals surface area contributed by atoms with Gasteiger partial charge in [0.1, 0.15) is 16.0 Å². The largest absolute Gasteiger partial charge is 0.425 e. The van der Waals surface area contributed by atoms with Gasteiger partial charge in [0.05, 0.1) is 0 Å². The highest BCUT2D eigenvalue weighted by molar-refractivity contribution is 7.91. The molecule has 2 heterocycles. The zero-order valence-corrected chi connectivity index (χ0v) is 12.7. The van der Waals surface area contributed by atoms with Crippen LogP contribution in [0, 0.1) is 0 Å². The molecule has 6 nitrogen and oxygen atoms in total. The molecule has 3 rings (SSSR count). The van der Waals surface area contributed by atoms with Gasteiger partial charge in [-0.3, -0.25) is 0 Å². The molecule has 2 aromatic rings. The number of primary sulfonamides is 1. The van der Waals surface area contributed by atoms with E-state index in [2.05, 4.69) is 5.32 Å². The van der Waals surface area contributed by atoms with E-state index in [9.17, 15) is 13.2 Å². The summed E-state index contributed by atoms with van der Waals surface area (Å²) in [6, 6.07) is 6.24. The van der Waals surface area contributed by atoms with Crippen molar-refractivity contribution in [2.24, 2.45) is 5.14 Å². The Bertz CT molecular complexity index is 792. The van der Waals surface area contributed by atoms with Crippen molar-refractivity contribution in [3.8, 4) is 5.75 Å². The summed E-state index contributed by atoms with van der Waals surface area (Å²) in [6.07, 6.45) is 1.73. The molecule has 8 heteroatoms. The third-order valence-corrected chi connectivity index (χ3v) is 5.85. The first-order valence-electron chi connectivity index (χ1n) is 6.45. The number of nitrogens with two attached hydrogens (primary N) is 1. The van der Waals surface area contributed by atoms with Crippen molar-refractivity contribution in [1.82, 2.24) is 5.32 Å². The van der Waals surface area contributed by atoms with Gasteiger partial charge in [0.15, 0.2) is 0 Å². The number of carbonyl (C=O) groups excluding carboxylic acids is 1. The molecular formula is C13H14N2O4S2. The summed E-state index contributed by atoms with van der Waals surface area (Å²) < 4.78 is 28.9. The molecule has 0 spiro atoms. The lowest BCUT2D eigenvalue weighted by atomic mass is 10.2. The number of carbonyl (C=O) groups is 1. The van der Waals surface area contributed by atoms with Gasteiger partial charge in [-0.05, 0) is 49.0 Å². The SMILES string of the molecule is NS(=O)(=O)c1cc2cc(OC(=O)[C@@H]3CCCN3)ccc2s1. The van der Waals surface area contributed by atoms with E-state index in [4.69, 9.17) is 9.88 Å². The molecule has 1 atom stereocenters. The van der Waals surface area contributed by atoms with Gasteiger partial charge in [-0.15, -0.1) is 11.3 Å². The van der Waals surface area contributed by atoms with Gasteiger partial charge in [0.25, 0.3) is 0 Å². The lowest BCUT2D eigenvalue weighted by molar-refractivity contribution is -0.136. The number of benzene rings is 1. The van der Waals surface area contributed by atoms with Crippen LogP contribution in [0.2, 0.25) is 0 Å². The summed E-state index contributed by atoms with van der Waals surface area (Å²) in [5, 5.41) is 8.87. The predicted octanol–water partition coefficient (Wildman–Crippen LogP) is 1.21. The smallest absolute Gasteiger partial charge is 0.328 e. The number of hydrogen-bond acceptors (Lipinski definition) is 6. The average molecular weight is 326 g/mol. The lowest BCUT2D eigenvalue weighted by Gasteiger charge is -2.09. The van der Waals surface area contributed by atoms with Gasteiger partial charge in [-0.1, -0.05) is 0 Å². The average Bonchev–Trinajstić information content (AvgIpc) is 3.06. The van der Waals surface area contributed by atoms with Gasteiger partial charge in [0.2, 0.25) is 10.0 Å². The van der Waals surface area contributed by atoms with Crippen molar-refractivity contribution >= 4 is 37.4 Å². The highest BCUT2D eigenvalue weighted by atomic mass is 32.2. The zero-order chi connectivity index (χ0) is 15.0. The molecule has 1 fully saturated rings. The van der Waals surface area contributed by atoms with Gasteiger partial charge in [-0.2, -0.15) is 0 Å². The summed E-state index contributed by atoms with van der Waals surface area (Å²) in [6.45, 7) is 0.820. The Labute approximate surface area is 125 Å². The fraction of sp³-hybridized carbons (Fsp3) is 0.308. The third kappa shape index (κ3) is 3.08. The molecule has 0 saturated carbocycles. The van der Waals surface area contributed by atoms with Crippen LogP contribution in [0.4, 0.5) is 0 Å². The Morgan fingerprint density at radius 1 is 1.38 bits per heavy atom. The van der Waals surface area contributed by atoms with Crippen LogP contribution < -0.4 is 15.2 Å². The normalized spacial score (nSPS) is 19.0. The first-order valence-corrected chi connectivity index (χ1v) is 8.81. The maximum absolute atomic E-state index is 11.9. The summed E-state index contributed by atoms with van der Waals surface area (Å²) in [5.41, 5.74) is 0. The Kier molecular flexibility index (Phi) is 3.70. The van der Waals surface area contributed by atoms with Crippen LogP contribution in [0.3, 0.4) is 0 Å².